The van der Waals surface area contributed by atoms with Crippen molar-refractivity contribution in [1.82, 2.24) is 9.78 Å². The van der Waals surface area contributed by atoms with Crippen molar-refractivity contribution in [3.05, 3.63) is 22.6 Å². The quantitative estimate of drug-likeness (QED) is 0.570. The van der Waals surface area contributed by atoms with Crippen LogP contribution in [0.4, 0.5) is 0 Å². The Morgan fingerprint density at radius 2 is 2.31 bits per heavy atom. The van der Waals surface area contributed by atoms with Gasteiger partial charge in [-0.3, -0.25) is 9.59 Å². The van der Waals surface area contributed by atoms with Gasteiger partial charge in [0.05, 0.1) is 12.8 Å². The SMILES string of the molecule is NCCCOc1cnn(CC(N)=O)c(=O)c1. The Balaban J connectivity index is 2.67. The maximum atomic E-state index is 11.4. The molecular weight excluding hydrogens is 212 g/mol. The largest absolute Gasteiger partial charge is 0.492 e. The van der Waals surface area contributed by atoms with Crippen molar-refractivity contribution in [2.75, 3.05) is 13.2 Å². The van der Waals surface area contributed by atoms with Crippen molar-refractivity contribution in [3.63, 3.8) is 0 Å². The van der Waals surface area contributed by atoms with Gasteiger partial charge in [-0.15, -0.1) is 0 Å². The van der Waals surface area contributed by atoms with E-state index in [1.54, 1.807) is 0 Å². The highest BCUT2D eigenvalue weighted by atomic mass is 16.5. The van der Waals surface area contributed by atoms with E-state index in [9.17, 15) is 9.59 Å². The lowest BCUT2D eigenvalue weighted by Crippen LogP contribution is -2.29. The summed E-state index contributed by atoms with van der Waals surface area (Å²) in [6, 6.07) is 1.26. The van der Waals surface area contributed by atoms with Gasteiger partial charge in [0.2, 0.25) is 5.91 Å². The topological polar surface area (TPSA) is 113 Å². The molecule has 0 fully saturated rings. The lowest BCUT2D eigenvalue weighted by Gasteiger charge is -2.05. The van der Waals surface area contributed by atoms with Crippen molar-refractivity contribution in [2.45, 2.75) is 13.0 Å². The van der Waals surface area contributed by atoms with E-state index in [1.807, 2.05) is 0 Å². The zero-order chi connectivity index (χ0) is 12.0. The molecule has 4 N–H and O–H groups in total. The van der Waals surface area contributed by atoms with Gasteiger partial charge in [0.25, 0.3) is 5.56 Å². The second kappa shape index (κ2) is 5.86. The van der Waals surface area contributed by atoms with Gasteiger partial charge in [-0.1, -0.05) is 0 Å². The highest BCUT2D eigenvalue weighted by Crippen LogP contribution is 2.03. The van der Waals surface area contributed by atoms with Gasteiger partial charge in [0.15, 0.2) is 0 Å². The van der Waals surface area contributed by atoms with Crippen LogP contribution in [0.1, 0.15) is 6.42 Å². The number of rotatable bonds is 6. The fraction of sp³-hybridized carbons (Fsp3) is 0.444. The molecule has 0 radical (unpaired) electrons. The van der Waals surface area contributed by atoms with Crippen molar-refractivity contribution >= 4 is 5.91 Å². The summed E-state index contributed by atoms with van der Waals surface area (Å²) in [5, 5.41) is 3.74. The summed E-state index contributed by atoms with van der Waals surface area (Å²) in [5.41, 5.74) is 9.81. The fourth-order valence-electron chi connectivity index (χ4n) is 1.04. The molecule has 0 aliphatic carbocycles. The van der Waals surface area contributed by atoms with Crippen LogP contribution in [-0.4, -0.2) is 28.8 Å². The average molecular weight is 226 g/mol. The Morgan fingerprint density at radius 3 is 2.88 bits per heavy atom. The summed E-state index contributed by atoms with van der Waals surface area (Å²) in [7, 11) is 0. The van der Waals surface area contributed by atoms with Crippen LogP contribution in [0.5, 0.6) is 5.75 Å². The molecule has 0 saturated carbocycles. The molecule has 1 aromatic rings. The lowest BCUT2D eigenvalue weighted by molar-refractivity contribution is -0.118. The summed E-state index contributed by atoms with van der Waals surface area (Å²) in [5.74, 6) is -0.259. The number of nitrogens with zero attached hydrogens (tertiary/aromatic N) is 2. The van der Waals surface area contributed by atoms with Gasteiger partial charge >= 0.3 is 0 Å². The van der Waals surface area contributed by atoms with Crippen LogP contribution in [0, 0.1) is 0 Å². The lowest BCUT2D eigenvalue weighted by atomic mass is 10.4. The molecule has 16 heavy (non-hydrogen) atoms. The van der Waals surface area contributed by atoms with Gasteiger partial charge in [0.1, 0.15) is 12.3 Å². The van der Waals surface area contributed by atoms with Crippen molar-refractivity contribution < 1.29 is 9.53 Å². The number of ether oxygens (including phenoxy) is 1. The maximum absolute atomic E-state index is 11.4. The maximum Gasteiger partial charge on any atom is 0.270 e. The third-order valence-corrected chi connectivity index (χ3v) is 1.77. The zero-order valence-electron chi connectivity index (χ0n) is 8.76. The fourth-order valence-corrected chi connectivity index (χ4v) is 1.04. The van der Waals surface area contributed by atoms with Crippen LogP contribution >= 0.6 is 0 Å². The molecule has 0 aromatic carbocycles. The smallest absolute Gasteiger partial charge is 0.270 e. The number of carbonyl (C=O) groups is 1. The van der Waals surface area contributed by atoms with E-state index in [2.05, 4.69) is 5.10 Å². The number of hydrogen-bond acceptors (Lipinski definition) is 5. The van der Waals surface area contributed by atoms with E-state index in [4.69, 9.17) is 16.2 Å². The summed E-state index contributed by atoms with van der Waals surface area (Å²) >= 11 is 0. The van der Waals surface area contributed by atoms with Crippen LogP contribution < -0.4 is 21.8 Å². The summed E-state index contributed by atoms with van der Waals surface area (Å²) in [4.78, 5) is 22.0. The summed E-state index contributed by atoms with van der Waals surface area (Å²) in [6.07, 6.45) is 2.06. The number of nitrogens with two attached hydrogens (primary N) is 2. The molecule has 0 aliphatic rings. The van der Waals surface area contributed by atoms with E-state index in [0.29, 0.717) is 25.3 Å². The molecule has 1 rings (SSSR count). The number of carbonyl (C=O) groups excluding carboxylic acids is 1. The highest BCUT2D eigenvalue weighted by molar-refractivity contribution is 5.73. The van der Waals surface area contributed by atoms with E-state index in [-0.39, 0.29) is 6.54 Å². The van der Waals surface area contributed by atoms with Gasteiger partial charge in [-0.25, -0.2) is 4.68 Å². The molecular formula is C9H14N4O3. The Bertz CT molecular complexity index is 415. The Labute approximate surface area is 92.0 Å². The molecule has 1 aromatic heterocycles. The third kappa shape index (κ3) is 3.70. The average Bonchev–Trinajstić information content (AvgIpc) is 2.22. The highest BCUT2D eigenvalue weighted by Gasteiger charge is 2.03. The van der Waals surface area contributed by atoms with Gasteiger partial charge < -0.3 is 16.2 Å². The van der Waals surface area contributed by atoms with Gasteiger partial charge in [0, 0.05) is 6.07 Å². The molecule has 0 atom stereocenters. The molecule has 1 heterocycles. The van der Waals surface area contributed by atoms with E-state index < -0.39 is 11.5 Å². The van der Waals surface area contributed by atoms with Gasteiger partial charge in [-0.05, 0) is 13.0 Å². The molecule has 0 aliphatic heterocycles. The molecule has 0 bridgehead atoms. The monoisotopic (exact) mass is 226 g/mol. The number of hydrogen-bond donors (Lipinski definition) is 2. The minimum atomic E-state index is -0.619. The zero-order valence-corrected chi connectivity index (χ0v) is 8.76. The first kappa shape index (κ1) is 12.2. The number of primary amides is 1. The van der Waals surface area contributed by atoms with E-state index in [0.717, 1.165) is 4.68 Å². The van der Waals surface area contributed by atoms with Crippen molar-refractivity contribution in [2.24, 2.45) is 11.5 Å². The first-order valence-corrected chi connectivity index (χ1v) is 4.82. The third-order valence-electron chi connectivity index (χ3n) is 1.77. The normalized spacial score (nSPS) is 10.1. The molecule has 7 nitrogen and oxygen atoms in total. The minimum absolute atomic E-state index is 0.234. The van der Waals surface area contributed by atoms with Crippen LogP contribution in [0.15, 0.2) is 17.1 Å². The molecule has 7 heteroatoms. The summed E-state index contributed by atoms with van der Waals surface area (Å²) < 4.78 is 6.19. The molecule has 0 unspecified atom stereocenters. The van der Waals surface area contributed by atoms with E-state index in [1.165, 1.54) is 12.3 Å². The molecule has 88 valence electrons. The Kier molecular flexibility index (Phi) is 4.46. The van der Waals surface area contributed by atoms with Crippen LogP contribution in [0.25, 0.3) is 0 Å². The molecule has 0 saturated heterocycles. The number of aromatic nitrogens is 2. The van der Waals surface area contributed by atoms with Crippen LogP contribution in [0.3, 0.4) is 0 Å². The van der Waals surface area contributed by atoms with Crippen molar-refractivity contribution in [3.8, 4) is 5.75 Å². The summed E-state index contributed by atoms with van der Waals surface area (Å²) in [6.45, 7) is 0.714. The predicted octanol–water partition coefficient (Wildman–Crippen LogP) is -1.54. The first-order valence-electron chi connectivity index (χ1n) is 4.82. The molecule has 0 spiro atoms. The number of amides is 1. The Hall–Kier alpha value is -1.89. The van der Waals surface area contributed by atoms with E-state index >= 15 is 0 Å². The Morgan fingerprint density at radius 1 is 1.56 bits per heavy atom. The van der Waals surface area contributed by atoms with Crippen molar-refractivity contribution in [1.29, 1.82) is 0 Å². The van der Waals surface area contributed by atoms with Crippen LogP contribution in [0.2, 0.25) is 0 Å². The standard InChI is InChI=1S/C9H14N4O3/c10-2-1-3-16-7-4-9(15)13(12-5-7)6-8(11)14/h4-5H,1-3,6,10H2,(H2,11,14). The van der Waals surface area contributed by atoms with Gasteiger partial charge in [-0.2, -0.15) is 5.10 Å². The predicted molar refractivity (Wildman–Crippen MR) is 56.9 cm³/mol. The first-order chi connectivity index (χ1) is 7.63. The molecule has 1 amide bonds. The second-order valence-electron chi connectivity index (χ2n) is 3.14. The van der Waals surface area contributed by atoms with Crippen LogP contribution in [-0.2, 0) is 11.3 Å². The second-order valence-corrected chi connectivity index (χ2v) is 3.14. The minimum Gasteiger partial charge on any atom is -0.492 e.